The second kappa shape index (κ2) is 9.78. The number of halogens is 4. The first-order valence-electron chi connectivity index (χ1n) is 11.5. The lowest BCUT2D eigenvalue weighted by Crippen LogP contribution is -2.47. The van der Waals surface area contributed by atoms with Gasteiger partial charge in [-0.05, 0) is 67.0 Å². The Hall–Kier alpha value is -2.04. The Bertz CT molecular complexity index is 1230. The first-order valence-corrected chi connectivity index (χ1v) is 15.2. The number of rotatable bonds is 7. The molecule has 0 radical (unpaired) electrons. The Kier molecular flexibility index (Phi) is 7.70. The summed E-state index contributed by atoms with van der Waals surface area (Å²) in [4.78, 5) is 13.0. The number of hydrogen-bond acceptors (Lipinski definition) is 5. The molecule has 0 fully saturated rings. The minimum absolute atomic E-state index is 0.110. The van der Waals surface area contributed by atoms with Crippen LogP contribution in [-0.2, 0) is 10.3 Å². The van der Waals surface area contributed by atoms with Gasteiger partial charge in [0.25, 0.3) is 5.92 Å². The average Bonchev–Trinajstić information content (AvgIpc) is 2.73. The van der Waals surface area contributed by atoms with E-state index >= 15 is 13.2 Å². The second-order valence-electron chi connectivity index (χ2n) is 10.4. The van der Waals surface area contributed by atoms with Crippen LogP contribution in [0.2, 0.25) is 18.1 Å². The fraction of sp³-hybridized carbons (Fsp3) is 0.480. The zero-order valence-electron chi connectivity index (χ0n) is 21.3. The van der Waals surface area contributed by atoms with Gasteiger partial charge in [-0.2, -0.15) is 8.78 Å². The Morgan fingerprint density at radius 1 is 1.11 bits per heavy atom. The molecule has 0 spiro atoms. The van der Waals surface area contributed by atoms with Crippen LogP contribution in [0.3, 0.4) is 0 Å². The molecule has 2 unspecified atom stereocenters. The van der Waals surface area contributed by atoms with E-state index in [2.05, 4.69) is 36.2 Å². The lowest BCUT2D eigenvalue weighted by atomic mass is 9.97. The number of anilines is 1. The summed E-state index contributed by atoms with van der Waals surface area (Å²) in [5, 5.41) is 3.60. The van der Waals surface area contributed by atoms with Crippen LogP contribution >= 0.6 is 15.9 Å². The Labute approximate surface area is 214 Å². The van der Waals surface area contributed by atoms with E-state index in [4.69, 9.17) is 4.43 Å². The van der Waals surface area contributed by atoms with Crippen molar-refractivity contribution in [2.24, 2.45) is 0 Å². The van der Waals surface area contributed by atoms with Gasteiger partial charge in [-0.3, -0.25) is 0 Å². The van der Waals surface area contributed by atoms with Crippen molar-refractivity contribution >= 4 is 41.0 Å². The molecular weight excluding hydrogens is 537 g/mol. The average molecular weight is 570 g/mol. The van der Waals surface area contributed by atoms with E-state index in [1.807, 2.05) is 33.9 Å². The van der Waals surface area contributed by atoms with E-state index in [9.17, 15) is 0 Å². The molecule has 190 valence electrons. The first-order chi connectivity index (χ1) is 16.0. The molecule has 3 aromatic rings. The summed E-state index contributed by atoms with van der Waals surface area (Å²) in [5.74, 6) is -3.49. The molecule has 35 heavy (non-hydrogen) atoms. The lowest BCUT2D eigenvalue weighted by Gasteiger charge is -2.40. The van der Waals surface area contributed by atoms with Crippen LogP contribution in [0.15, 0.2) is 35.1 Å². The minimum atomic E-state index is -3.51. The predicted molar refractivity (Wildman–Crippen MR) is 140 cm³/mol. The third-order valence-electron chi connectivity index (χ3n) is 6.66. The third kappa shape index (κ3) is 5.70. The maximum Gasteiger partial charge on any atom is 0.300 e. The Morgan fingerprint density at radius 2 is 1.77 bits per heavy atom. The van der Waals surface area contributed by atoms with Crippen molar-refractivity contribution in [3.8, 4) is 0 Å². The molecule has 0 aliphatic rings. The van der Waals surface area contributed by atoms with E-state index in [1.165, 1.54) is 19.1 Å². The Balaban J connectivity index is 1.95. The van der Waals surface area contributed by atoms with Gasteiger partial charge in [0.05, 0.1) is 23.3 Å². The molecule has 2 heterocycles. The molecule has 0 aliphatic heterocycles. The molecule has 0 saturated heterocycles. The molecule has 0 amide bonds. The Morgan fingerprint density at radius 3 is 2.40 bits per heavy atom. The number of benzene rings is 1. The predicted octanol–water partition coefficient (Wildman–Crippen LogP) is 7.91. The molecular formula is C25H32BrF3N4OSi. The van der Waals surface area contributed by atoms with Crippen molar-refractivity contribution < 1.29 is 17.6 Å². The summed E-state index contributed by atoms with van der Waals surface area (Å²) in [5.41, 5.74) is 0.0533. The van der Waals surface area contributed by atoms with Crippen LogP contribution in [0.1, 0.15) is 57.6 Å². The number of fused-ring (bicyclic) bond motifs is 1. The SMILES string of the molecule is Cc1nc(NC(C)c2cccc(C(F)(F)C(C)O[Si](C)(C)C(C)(C)C)c2F)c2cc(Br)ncc2n1. The van der Waals surface area contributed by atoms with Crippen LogP contribution in [0, 0.1) is 12.7 Å². The molecule has 5 nitrogen and oxygen atoms in total. The summed E-state index contributed by atoms with van der Waals surface area (Å²) in [6.07, 6.45) is 0.130. The highest BCUT2D eigenvalue weighted by atomic mass is 79.9. The summed E-state index contributed by atoms with van der Waals surface area (Å²) in [6.45, 7) is 14.5. The van der Waals surface area contributed by atoms with E-state index in [0.717, 1.165) is 6.07 Å². The molecule has 3 rings (SSSR count). The normalized spacial score (nSPS) is 14.7. The van der Waals surface area contributed by atoms with Gasteiger partial charge in [-0.1, -0.05) is 32.9 Å². The van der Waals surface area contributed by atoms with E-state index in [0.29, 0.717) is 27.1 Å². The molecule has 1 N–H and O–H groups in total. The number of nitrogens with zero attached hydrogens (tertiary/aromatic N) is 3. The van der Waals surface area contributed by atoms with Crippen LogP contribution in [-0.4, -0.2) is 29.4 Å². The van der Waals surface area contributed by atoms with Crippen molar-refractivity contribution in [2.75, 3.05) is 5.32 Å². The molecule has 10 heteroatoms. The summed E-state index contributed by atoms with van der Waals surface area (Å²) < 4.78 is 53.1. The van der Waals surface area contributed by atoms with Crippen molar-refractivity contribution in [2.45, 2.75) is 77.7 Å². The van der Waals surface area contributed by atoms with Crippen LogP contribution < -0.4 is 5.32 Å². The third-order valence-corrected chi connectivity index (χ3v) is 11.6. The lowest BCUT2D eigenvalue weighted by molar-refractivity contribution is -0.102. The maximum absolute atomic E-state index is 15.6. The number of aromatic nitrogens is 3. The van der Waals surface area contributed by atoms with Crippen molar-refractivity contribution in [3.05, 3.63) is 57.8 Å². The van der Waals surface area contributed by atoms with Crippen LogP contribution in [0.4, 0.5) is 19.0 Å². The number of alkyl halides is 2. The monoisotopic (exact) mass is 568 g/mol. The molecule has 1 aromatic carbocycles. The highest BCUT2D eigenvalue weighted by molar-refractivity contribution is 9.10. The number of pyridine rings is 1. The quantitative estimate of drug-likeness (QED) is 0.232. The van der Waals surface area contributed by atoms with Crippen molar-refractivity contribution in [1.29, 1.82) is 0 Å². The van der Waals surface area contributed by atoms with E-state index in [-0.39, 0.29) is 10.6 Å². The van der Waals surface area contributed by atoms with Crippen LogP contribution in [0.5, 0.6) is 0 Å². The molecule has 2 aromatic heterocycles. The molecule has 0 saturated carbocycles. The maximum atomic E-state index is 15.6. The van der Waals surface area contributed by atoms with Gasteiger partial charge in [0.15, 0.2) is 8.32 Å². The number of nitrogens with one attached hydrogen (secondary N) is 1. The first kappa shape index (κ1) is 27.5. The molecule has 0 bridgehead atoms. The number of aryl methyl sites for hydroxylation is 1. The van der Waals surface area contributed by atoms with E-state index in [1.54, 1.807) is 26.1 Å². The van der Waals surface area contributed by atoms with Gasteiger partial charge in [-0.25, -0.2) is 19.3 Å². The minimum Gasteiger partial charge on any atom is -0.408 e. The van der Waals surface area contributed by atoms with Gasteiger partial charge in [-0.15, -0.1) is 0 Å². The second-order valence-corrected chi connectivity index (χ2v) is 15.9. The summed E-state index contributed by atoms with van der Waals surface area (Å²) in [7, 11) is -2.49. The summed E-state index contributed by atoms with van der Waals surface area (Å²) in [6, 6.07) is 5.18. The molecule has 2 atom stereocenters. The van der Waals surface area contributed by atoms with Crippen molar-refractivity contribution in [3.63, 3.8) is 0 Å². The van der Waals surface area contributed by atoms with Gasteiger partial charge >= 0.3 is 0 Å². The largest absolute Gasteiger partial charge is 0.408 e. The van der Waals surface area contributed by atoms with Crippen LogP contribution in [0.25, 0.3) is 10.9 Å². The van der Waals surface area contributed by atoms with Gasteiger partial charge in [0.1, 0.15) is 28.2 Å². The van der Waals surface area contributed by atoms with E-state index < -0.39 is 37.8 Å². The van der Waals surface area contributed by atoms with Gasteiger partial charge < -0.3 is 9.74 Å². The number of hydrogen-bond donors (Lipinski definition) is 1. The highest BCUT2D eigenvalue weighted by Crippen LogP contribution is 2.43. The standard InChI is InChI=1S/C25H32BrF3N4OSi/c1-14(31-23-18-12-21(26)30-13-20(18)32-16(3)33-23)17-10-9-11-19(22(17)27)25(28,29)15(2)34-35(7,8)24(4,5)6/h9-15H,1-8H3,(H,31,32,33). The zero-order chi connectivity index (χ0) is 26.3. The van der Waals surface area contributed by atoms with Gasteiger partial charge in [0, 0.05) is 10.9 Å². The van der Waals surface area contributed by atoms with Crippen molar-refractivity contribution in [1.82, 2.24) is 15.0 Å². The summed E-state index contributed by atoms with van der Waals surface area (Å²) >= 11 is 3.34. The van der Waals surface area contributed by atoms with Gasteiger partial charge in [0.2, 0.25) is 0 Å². The highest BCUT2D eigenvalue weighted by Gasteiger charge is 2.47. The fourth-order valence-corrected chi connectivity index (χ4v) is 5.29. The zero-order valence-corrected chi connectivity index (χ0v) is 23.9. The molecule has 0 aliphatic carbocycles. The smallest absolute Gasteiger partial charge is 0.300 e. The topological polar surface area (TPSA) is 59.9 Å². The fourth-order valence-electron chi connectivity index (χ4n) is 3.57.